The summed E-state index contributed by atoms with van der Waals surface area (Å²) in [7, 11) is 0. The molecule has 3 N–H and O–H groups in total. The van der Waals surface area contributed by atoms with Crippen LogP contribution in [0, 0.1) is 0 Å². The van der Waals surface area contributed by atoms with E-state index in [1.807, 2.05) is 18.2 Å². The van der Waals surface area contributed by atoms with Gasteiger partial charge in [-0.05, 0) is 24.3 Å². The standard InChI is InChI=1S/C15H15ClN4O/c16-9-14(17)20-13-7-2-1-6-12(13)15(21)19-10-11-5-3-4-8-18-11/h1-8H,9-10H2,(H2,17,20)(H,19,21). The number of amidine groups is 1. The van der Waals surface area contributed by atoms with Crippen molar-refractivity contribution in [3.8, 4) is 0 Å². The van der Waals surface area contributed by atoms with Gasteiger partial charge < -0.3 is 11.1 Å². The van der Waals surface area contributed by atoms with Gasteiger partial charge in [0.15, 0.2) is 0 Å². The van der Waals surface area contributed by atoms with Gasteiger partial charge in [0.05, 0.1) is 29.4 Å². The molecule has 0 spiro atoms. The van der Waals surface area contributed by atoms with Gasteiger partial charge in [0, 0.05) is 6.20 Å². The number of aliphatic imine (C=N–C) groups is 1. The van der Waals surface area contributed by atoms with E-state index in [1.165, 1.54) is 0 Å². The molecule has 1 aromatic heterocycles. The number of hydrogen-bond donors (Lipinski definition) is 2. The molecule has 0 atom stereocenters. The first-order valence-electron chi connectivity index (χ1n) is 6.37. The van der Waals surface area contributed by atoms with Crippen LogP contribution >= 0.6 is 11.6 Å². The molecule has 2 rings (SSSR count). The number of benzene rings is 1. The maximum atomic E-state index is 12.2. The first-order chi connectivity index (χ1) is 10.2. The van der Waals surface area contributed by atoms with Gasteiger partial charge in [-0.2, -0.15) is 0 Å². The Balaban J connectivity index is 2.12. The van der Waals surface area contributed by atoms with E-state index >= 15 is 0 Å². The molecule has 2 aromatic rings. The molecule has 1 amide bonds. The van der Waals surface area contributed by atoms with E-state index in [2.05, 4.69) is 15.3 Å². The zero-order valence-electron chi connectivity index (χ0n) is 11.3. The Kier molecular flexibility index (Phi) is 5.29. The van der Waals surface area contributed by atoms with E-state index in [0.29, 0.717) is 17.8 Å². The second kappa shape index (κ2) is 7.40. The number of nitrogens with zero attached hydrogens (tertiary/aromatic N) is 2. The summed E-state index contributed by atoms with van der Waals surface area (Å²) in [6.45, 7) is 0.350. The molecule has 0 fully saturated rings. The van der Waals surface area contributed by atoms with Gasteiger partial charge in [0.25, 0.3) is 5.91 Å². The van der Waals surface area contributed by atoms with Crippen molar-refractivity contribution in [1.29, 1.82) is 0 Å². The summed E-state index contributed by atoms with van der Waals surface area (Å²) in [4.78, 5) is 20.5. The smallest absolute Gasteiger partial charge is 0.253 e. The van der Waals surface area contributed by atoms with Crippen LogP contribution in [0.4, 0.5) is 5.69 Å². The lowest BCUT2D eigenvalue weighted by molar-refractivity contribution is 0.0951. The molecular formula is C15H15ClN4O. The molecule has 0 saturated heterocycles. The quantitative estimate of drug-likeness (QED) is 0.505. The topological polar surface area (TPSA) is 80.4 Å². The average Bonchev–Trinajstić information content (AvgIpc) is 2.54. The lowest BCUT2D eigenvalue weighted by Crippen LogP contribution is -2.23. The first kappa shape index (κ1) is 15.0. The molecule has 0 aliphatic carbocycles. The second-order valence-electron chi connectivity index (χ2n) is 4.26. The van der Waals surface area contributed by atoms with Crippen LogP contribution in [0.1, 0.15) is 16.1 Å². The van der Waals surface area contributed by atoms with Crippen LogP contribution in [0.3, 0.4) is 0 Å². The zero-order valence-corrected chi connectivity index (χ0v) is 12.0. The molecule has 0 aliphatic heterocycles. The molecule has 0 saturated carbocycles. The third-order valence-electron chi connectivity index (χ3n) is 2.71. The van der Waals surface area contributed by atoms with E-state index < -0.39 is 0 Å². The number of amides is 1. The highest BCUT2D eigenvalue weighted by molar-refractivity contribution is 6.28. The van der Waals surface area contributed by atoms with Crippen molar-refractivity contribution in [2.24, 2.45) is 10.7 Å². The number of para-hydroxylation sites is 1. The Morgan fingerprint density at radius 2 is 2.00 bits per heavy atom. The fourth-order valence-electron chi connectivity index (χ4n) is 1.72. The lowest BCUT2D eigenvalue weighted by Gasteiger charge is -2.07. The van der Waals surface area contributed by atoms with Gasteiger partial charge in [-0.3, -0.25) is 9.78 Å². The minimum absolute atomic E-state index is 0.115. The molecule has 108 valence electrons. The second-order valence-corrected chi connectivity index (χ2v) is 4.52. The summed E-state index contributed by atoms with van der Waals surface area (Å²) in [5.41, 5.74) is 7.34. The Bertz CT molecular complexity index is 643. The van der Waals surface area contributed by atoms with Crippen LogP contribution in [0.25, 0.3) is 0 Å². The molecule has 0 radical (unpaired) electrons. The molecule has 0 aliphatic rings. The Morgan fingerprint density at radius 3 is 2.71 bits per heavy atom. The van der Waals surface area contributed by atoms with Crippen molar-refractivity contribution >= 4 is 29.0 Å². The third-order valence-corrected chi connectivity index (χ3v) is 2.98. The summed E-state index contributed by atoms with van der Waals surface area (Å²) in [5.74, 6) is 0.146. The Morgan fingerprint density at radius 1 is 1.24 bits per heavy atom. The number of halogens is 1. The molecule has 1 aromatic carbocycles. The SMILES string of the molecule is NC(CCl)=Nc1ccccc1C(=O)NCc1ccccn1. The summed E-state index contributed by atoms with van der Waals surface area (Å²) < 4.78 is 0. The molecule has 21 heavy (non-hydrogen) atoms. The highest BCUT2D eigenvalue weighted by Crippen LogP contribution is 2.18. The van der Waals surface area contributed by atoms with Crippen LogP contribution in [0.5, 0.6) is 0 Å². The molecule has 0 bridgehead atoms. The van der Waals surface area contributed by atoms with E-state index in [0.717, 1.165) is 5.69 Å². The predicted octanol–water partition coefficient (Wildman–Crippen LogP) is 2.24. The van der Waals surface area contributed by atoms with Gasteiger partial charge in [-0.15, -0.1) is 11.6 Å². The summed E-state index contributed by atoms with van der Waals surface area (Å²) in [6, 6.07) is 12.5. The fraction of sp³-hybridized carbons (Fsp3) is 0.133. The summed E-state index contributed by atoms with van der Waals surface area (Å²) in [6.07, 6.45) is 1.68. The number of aromatic nitrogens is 1. The maximum Gasteiger partial charge on any atom is 0.253 e. The number of rotatable bonds is 5. The van der Waals surface area contributed by atoms with Crippen molar-refractivity contribution in [1.82, 2.24) is 10.3 Å². The van der Waals surface area contributed by atoms with Crippen molar-refractivity contribution < 1.29 is 4.79 Å². The predicted molar refractivity (Wildman–Crippen MR) is 83.9 cm³/mol. The number of nitrogens with two attached hydrogens (primary N) is 1. The van der Waals surface area contributed by atoms with Crippen molar-refractivity contribution in [2.75, 3.05) is 5.88 Å². The van der Waals surface area contributed by atoms with E-state index in [4.69, 9.17) is 17.3 Å². The number of nitrogens with one attached hydrogen (secondary N) is 1. The van der Waals surface area contributed by atoms with Gasteiger partial charge >= 0.3 is 0 Å². The minimum Gasteiger partial charge on any atom is -0.386 e. The normalized spacial score (nSPS) is 11.2. The molecular weight excluding hydrogens is 288 g/mol. The highest BCUT2D eigenvalue weighted by Gasteiger charge is 2.10. The van der Waals surface area contributed by atoms with Crippen molar-refractivity contribution in [3.05, 3.63) is 59.9 Å². The van der Waals surface area contributed by atoms with Gasteiger partial charge in [0.1, 0.15) is 5.84 Å². The number of carbonyl (C=O) groups is 1. The van der Waals surface area contributed by atoms with Crippen LogP contribution in [0.2, 0.25) is 0 Å². The van der Waals surface area contributed by atoms with Crippen LogP contribution in [-0.4, -0.2) is 22.6 Å². The third kappa shape index (κ3) is 4.29. The lowest BCUT2D eigenvalue weighted by atomic mass is 10.1. The molecule has 1 heterocycles. The van der Waals surface area contributed by atoms with E-state index in [9.17, 15) is 4.79 Å². The number of alkyl halides is 1. The van der Waals surface area contributed by atoms with Crippen molar-refractivity contribution in [3.63, 3.8) is 0 Å². The molecule has 6 heteroatoms. The van der Waals surface area contributed by atoms with Gasteiger partial charge in [0.2, 0.25) is 0 Å². The van der Waals surface area contributed by atoms with Gasteiger partial charge in [-0.25, -0.2) is 4.99 Å². The van der Waals surface area contributed by atoms with Crippen LogP contribution < -0.4 is 11.1 Å². The molecule has 0 unspecified atom stereocenters. The fourth-order valence-corrected chi connectivity index (χ4v) is 1.78. The first-order valence-corrected chi connectivity index (χ1v) is 6.90. The monoisotopic (exact) mass is 302 g/mol. The molecule has 5 nitrogen and oxygen atoms in total. The number of pyridine rings is 1. The van der Waals surface area contributed by atoms with Gasteiger partial charge in [-0.1, -0.05) is 18.2 Å². The zero-order chi connectivity index (χ0) is 15.1. The summed E-state index contributed by atoms with van der Waals surface area (Å²) >= 11 is 5.61. The minimum atomic E-state index is -0.234. The van der Waals surface area contributed by atoms with Crippen molar-refractivity contribution in [2.45, 2.75) is 6.54 Å². The van der Waals surface area contributed by atoms with E-state index in [1.54, 1.807) is 30.5 Å². The van der Waals surface area contributed by atoms with Crippen LogP contribution in [0.15, 0.2) is 53.7 Å². The van der Waals surface area contributed by atoms with Crippen LogP contribution in [-0.2, 0) is 6.54 Å². The largest absolute Gasteiger partial charge is 0.386 e. The summed E-state index contributed by atoms with van der Waals surface area (Å²) in [5, 5.41) is 2.80. The maximum absolute atomic E-state index is 12.2. The van der Waals surface area contributed by atoms with E-state index in [-0.39, 0.29) is 17.6 Å². The average molecular weight is 303 g/mol. The number of hydrogen-bond acceptors (Lipinski definition) is 3. The highest BCUT2D eigenvalue weighted by atomic mass is 35.5. The number of carbonyl (C=O) groups excluding carboxylic acids is 1. The Hall–Kier alpha value is -2.40. The Labute approximate surface area is 127 Å².